The van der Waals surface area contributed by atoms with Crippen LogP contribution in [0.25, 0.3) is 0 Å². The maximum Gasteiger partial charge on any atom is 0.227 e. The number of hydrogen-bond acceptors (Lipinski definition) is 2. The molecule has 0 radical (unpaired) electrons. The second-order valence-electron chi connectivity index (χ2n) is 4.54. The summed E-state index contributed by atoms with van der Waals surface area (Å²) < 4.78 is 0. The van der Waals surface area contributed by atoms with Gasteiger partial charge < -0.3 is 10.6 Å². The average molecular weight is 242 g/mol. The van der Waals surface area contributed by atoms with Crippen molar-refractivity contribution in [2.24, 2.45) is 5.73 Å². The molecule has 0 saturated heterocycles. The molecule has 0 bridgehead atoms. The maximum atomic E-state index is 12.1. The summed E-state index contributed by atoms with van der Waals surface area (Å²) in [7, 11) is 0. The predicted molar refractivity (Wildman–Crippen MR) is 73.3 cm³/mol. The van der Waals surface area contributed by atoms with Crippen LogP contribution in [0.1, 0.15) is 30.7 Å². The van der Waals surface area contributed by atoms with Crippen LogP contribution < -0.4 is 10.6 Å². The molecule has 0 aliphatic carbocycles. The van der Waals surface area contributed by atoms with E-state index in [1.807, 2.05) is 23.1 Å². The lowest BCUT2D eigenvalue weighted by Gasteiger charge is -2.17. The summed E-state index contributed by atoms with van der Waals surface area (Å²) in [6.07, 6.45) is 7.04. The number of terminal acetylenes is 1. The molecule has 18 heavy (non-hydrogen) atoms. The van der Waals surface area contributed by atoms with E-state index in [-0.39, 0.29) is 5.91 Å². The Labute approximate surface area is 108 Å². The first kappa shape index (κ1) is 12.7. The molecule has 2 N–H and O–H groups in total. The van der Waals surface area contributed by atoms with E-state index in [1.54, 1.807) is 0 Å². The number of carbonyl (C=O) groups excluding carboxylic acids is 1. The van der Waals surface area contributed by atoms with Crippen LogP contribution in [0.2, 0.25) is 0 Å². The lowest BCUT2D eigenvalue weighted by Crippen LogP contribution is -2.29. The van der Waals surface area contributed by atoms with Crippen LogP contribution in [-0.2, 0) is 4.79 Å². The van der Waals surface area contributed by atoms with Gasteiger partial charge in [-0.3, -0.25) is 4.79 Å². The Kier molecular flexibility index (Phi) is 4.01. The highest BCUT2D eigenvalue weighted by molar-refractivity contribution is 5.96. The number of amides is 1. The van der Waals surface area contributed by atoms with Crippen LogP contribution in [0.4, 0.5) is 5.69 Å². The number of rotatable bonds is 4. The standard InChI is InChI=1S/C15H18N2O/c1-2-3-8-15(18)17-11-12(9-10-16)13-6-4-5-7-14(13)17/h1,4-7,12H,3,8-11,16H2. The van der Waals surface area contributed by atoms with E-state index in [2.05, 4.69) is 12.0 Å². The SMILES string of the molecule is C#CCCC(=O)N1CC(CCN)c2ccccc21. The van der Waals surface area contributed by atoms with Crippen LogP contribution in [-0.4, -0.2) is 19.0 Å². The first-order chi connectivity index (χ1) is 8.77. The molecule has 2 rings (SSSR count). The van der Waals surface area contributed by atoms with Gasteiger partial charge in [0.1, 0.15) is 0 Å². The van der Waals surface area contributed by atoms with Crippen molar-refractivity contribution in [3.05, 3.63) is 29.8 Å². The molecule has 1 aliphatic heterocycles. The van der Waals surface area contributed by atoms with E-state index in [1.165, 1.54) is 5.56 Å². The molecule has 1 amide bonds. The van der Waals surface area contributed by atoms with Crippen LogP contribution in [0, 0.1) is 12.3 Å². The molecule has 0 saturated carbocycles. The number of fused-ring (bicyclic) bond motifs is 1. The Hall–Kier alpha value is -1.79. The second kappa shape index (κ2) is 5.70. The van der Waals surface area contributed by atoms with E-state index in [4.69, 9.17) is 12.2 Å². The van der Waals surface area contributed by atoms with Crippen LogP contribution in [0.5, 0.6) is 0 Å². The molecule has 3 nitrogen and oxygen atoms in total. The summed E-state index contributed by atoms with van der Waals surface area (Å²) in [5.41, 5.74) is 7.90. The highest BCUT2D eigenvalue weighted by atomic mass is 16.2. The van der Waals surface area contributed by atoms with Gasteiger partial charge in [-0.25, -0.2) is 0 Å². The highest BCUT2D eigenvalue weighted by Gasteiger charge is 2.30. The lowest BCUT2D eigenvalue weighted by atomic mass is 9.98. The molecule has 0 aromatic heterocycles. The zero-order valence-electron chi connectivity index (χ0n) is 10.4. The van der Waals surface area contributed by atoms with Gasteiger partial charge in [0, 0.05) is 31.0 Å². The van der Waals surface area contributed by atoms with Crippen LogP contribution >= 0.6 is 0 Å². The quantitative estimate of drug-likeness (QED) is 0.819. The van der Waals surface area contributed by atoms with E-state index in [0.717, 1.165) is 18.7 Å². The van der Waals surface area contributed by atoms with Crippen LogP contribution in [0.15, 0.2) is 24.3 Å². The Morgan fingerprint density at radius 3 is 3.00 bits per heavy atom. The van der Waals surface area contributed by atoms with Crippen molar-refractivity contribution in [2.45, 2.75) is 25.2 Å². The number of carbonyl (C=O) groups is 1. The number of anilines is 1. The summed E-state index contributed by atoms with van der Waals surface area (Å²) in [6.45, 7) is 1.38. The van der Waals surface area contributed by atoms with Gasteiger partial charge >= 0.3 is 0 Å². The van der Waals surface area contributed by atoms with Crippen molar-refractivity contribution in [1.82, 2.24) is 0 Å². The fourth-order valence-corrected chi connectivity index (χ4v) is 2.49. The largest absolute Gasteiger partial charge is 0.330 e. The monoisotopic (exact) mass is 242 g/mol. The summed E-state index contributed by atoms with van der Waals surface area (Å²) in [5, 5.41) is 0. The van der Waals surface area contributed by atoms with Crippen molar-refractivity contribution in [3.63, 3.8) is 0 Å². The number of nitrogens with two attached hydrogens (primary N) is 1. The normalized spacial score (nSPS) is 17.3. The Morgan fingerprint density at radius 2 is 2.28 bits per heavy atom. The third-order valence-electron chi connectivity index (χ3n) is 3.37. The van der Waals surface area contributed by atoms with Crippen molar-refractivity contribution in [3.8, 4) is 12.3 Å². The maximum absolute atomic E-state index is 12.1. The minimum absolute atomic E-state index is 0.111. The second-order valence-corrected chi connectivity index (χ2v) is 4.54. The fraction of sp³-hybridized carbons (Fsp3) is 0.400. The predicted octanol–water partition coefficient (Wildman–Crippen LogP) is 1.88. The molecule has 1 aromatic carbocycles. The van der Waals surface area contributed by atoms with Crippen LogP contribution in [0.3, 0.4) is 0 Å². The molecule has 1 atom stereocenters. The number of para-hydroxylation sites is 1. The minimum atomic E-state index is 0.111. The fourth-order valence-electron chi connectivity index (χ4n) is 2.49. The molecule has 0 spiro atoms. The van der Waals surface area contributed by atoms with Gasteiger partial charge in [0.15, 0.2) is 0 Å². The van der Waals surface area contributed by atoms with Crippen molar-refractivity contribution < 1.29 is 4.79 Å². The van der Waals surface area contributed by atoms with Gasteiger partial charge in [-0.1, -0.05) is 18.2 Å². The van der Waals surface area contributed by atoms with Crippen molar-refractivity contribution in [2.75, 3.05) is 18.0 Å². The third kappa shape index (κ3) is 2.39. The van der Waals surface area contributed by atoms with Crippen molar-refractivity contribution in [1.29, 1.82) is 0 Å². The molecule has 94 valence electrons. The third-order valence-corrected chi connectivity index (χ3v) is 3.37. The molecular formula is C15H18N2O. The lowest BCUT2D eigenvalue weighted by molar-refractivity contribution is -0.118. The van der Waals surface area contributed by atoms with Gasteiger partial charge in [-0.05, 0) is 24.6 Å². The van der Waals surface area contributed by atoms with E-state index in [0.29, 0.717) is 25.3 Å². The molecular weight excluding hydrogens is 224 g/mol. The summed E-state index contributed by atoms with van der Waals surface area (Å²) in [5.74, 6) is 2.99. The number of benzene rings is 1. The first-order valence-corrected chi connectivity index (χ1v) is 6.30. The molecule has 1 unspecified atom stereocenters. The van der Waals surface area contributed by atoms with Gasteiger partial charge in [0.05, 0.1) is 0 Å². The molecule has 1 aliphatic rings. The van der Waals surface area contributed by atoms with E-state index < -0.39 is 0 Å². The first-order valence-electron chi connectivity index (χ1n) is 6.30. The summed E-state index contributed by atoms with van der Waals surface area (Å²) >= 11 is 0. The Bertz CT molecular complexity index is 476. The number of nitrogens with zero attached hydrogens (tertiary/aromatic N) is 1. The van der Waals surface area contributed by atoms with E-state index in [9.17, 15) is 4.79 Å². The highest BCUT2D eigenvalue weighted by Crippen LogP contribution is 2.37. The molecule has 1 aromatic rings. The van der Waals surface area contributed by atoms with Gasteiger partial charge in [-0.2, -0.15) is 0 Å². The zero-order chi connectivity index (χ0) is 13.0. The molecule has 0 fully saturated rings. The Balaban J connectivity index is 2.20. The summed E-state index contributed by atoms with van der Waals surface area (Å²) in [6, 6.07) is 8.06. The Morgan fingerprint density at radius 1 is 1.50 bits per heavy atom. The van der Waals surface area contributed by atoms with Crippen molar-refractivity contribution >= 4 is 11.6 Å². The van der Waals surface area contributed by atoms with Gasteiger partial charge in [0.2, 0.25) is 5.91 Å². The topological polar surface area (TPSA) is 46.3 Å². The smallest absolute Gasteiger partial charge is 0.227 e. The zero-order valence-corrected chi connectivity index (χ0v) is 10.4. The van der Waals surface area contributed by atoms with E-state index >= 15 is 0 Å². The average Bonchev–Trinajstić information content (AvgIpc) is 2.76. The van der Waals surface area contributed by atoms with Gasteiger partial charge in [-0.15, -0.1) is 12.3 Å². The molecule has 1 heterocycles. The minimum Gasteiger partial charge on any atom is -0.330 e. The van der Waals surface area contributed by atoms with Gasteiger partial charge in [0.25, 0.3) is 0 Å². The summed E-state index contributed by atoms with van der Waals surface area (Å²) in [4.78, 5) is 14.0. The molecule has 3 heteroatoms. The number of hydrogen-bond donors (Lipinski definition) is 1.